The molecule has 0 radical (unpaired) electrons. The molecule has 2 aliphatic heterocycles. The van der Waals surface area contributed by atoms with Gasteiger partial charge in [-0.3, -0.25) is 9.79 Å². The topological polar surface area (TPSA) is 63.0 Å². The van der Waals surface area contributed by atoms with Crippen LogP contribution in [0.4, 0.5) is 0 Å². The molecular weight excluding hydrogens is 362 g/mol. The summed E-state index contributed by atoms with van der Waals surface area (Å²) < 4.78 is 6.11. The number of fused-ring (bicyclic) bond motifs is 3. The lowest BCUT2D eigenvalue weighted by atomic mass is 10.0. The number of nitrogens with zero attached hydrogens (tertiary/aromatic N) is 2. The summed E-state index contributed by atoms with van der Waals surface area (Å²) in [5.41, 5.74) is 4.39. The Bertz CT molecular complexity index is 1040. The Morgan fingerprint density at radius 2 is 1.93 bits per heavy atom. The van der Waals surface area contributed by atoms with Gasteiger partial charge in [0.05, 0.1) is 11.7 Å². The highest BCUT2D eigenvalue weighted by Crippen LogP contribution is 2.30. The minimum Gasteiger partial charge on any atom is -0.487 e. The molecule has 3 aliphatic rings. The monoisotopic (exact) mass is 385 g/mol. The van der Waals surface area contributed by atoms with Gasteiger partial charge >= 0.3 is 0 Å². The van der Waals surface area contributed by atoms with Crippen molar-refractivity contribution >= 4 is 17.5 Å². The Morgan fingerprint density at radius 3 is 2.83 bits per heavy atom. The second-order valence-corrected chi connectivity index (χ2v) is 7.74. The van der Waals surface area contributed by atoms with E-state index in [2.05, 4.69) is 11.4 Å². The average Bonchev–Trinajstić information content (AvgIpc) is 3.21. The molecule has 1 unspecified atom stereocenters. The van der Waals surface area contributed by atoms with Crippen LogP contribution in [0.15, 0.2) is 70.3 Å². The summed E-state index contributed by atoms with van der Waals surface area (Å²) in [5, 5.41) is 3.34. The number of benzene rings is 2. The molecule has 0 amide bonds. The van der Waals surface area contributed by atoms with Crippen LogP contribution < -0.4 is 10.1 Å². The van der Waals surface area contributed by atoms with Crippen molar-refractivity contribution in [2.75, 3.05) is 6.61 Å². The fourth-order valence-corrected chi connectivity index (χ4v) is 4.23. The van der Waals surface area contributed by atoms with E-state index >= 15 is 0 Å². The molecule has 1 N–H and O–H groups in total. The molecule has 2 aromatic rings. The highest BCUT2D eigenvalue weighted by Gasteiger charge is 2.25. The summed E-state index contributed by atoms with van der Waals surface area (Å²) >= 11 is 0. The van der Waals surface area contributed by atoms with Crippen molar-refractivity contribution in [2.45, 2.75) is 38.1 Å². The Hall–Kier alpha value is -3.21. The van der Waals surface area contributed by atoms with Gasteiger partial charge in [-0.25, -0.2) is 4.99 Å². The van der Waals surface area contributed by atoms with E-state index in [1.165, 1.54) is 17.5 Å². The Morgan fingerprint density at radius 1 is 1.03 bits per heavy atom. The smallest absolute Gasteiger partial charge is 0.159 e. The highest BCUT2D eigenvalue weighted by molar-refractivity contribution is 6.09. The van der Waals surface area contributed by atoms with E-state index in [1.807, 2.05) is 42.5 Å². The van der Waals surface area contributed by atoms with Crippen LogP contribution in [0.3, 0.4) is 0 Å². The van der Waals surface area contributed by atoms with E-state index in [0.717, 1.165) is 35.7 Å². The molecule has 0 saturated carbocycles. The number of ketones is 1. The number of hydrogen-bond donors (Lipinski definition) is 1. The molecule has 5 nitrogen and oxygen atoms in total. The van der Waals surface area contributed by atoms with Crippen LogP contribution in [0.25, 0.3) is 0 Å². The largest absolute Gasteiger partial charge is 0.487 e. The summed E-state index contributed by atoms with van der Waals surface area (Å²) in [5.74, 6) is 2.51. The minimum absolute atomic E-state index is 0.0662. The molecule has 0 saturated heterocycles. The van der Waals surface area contributed by atoms with Gasteiger partial charge in [-0.05, 0) is 36.5 Å². The average molecular weight is 385 g/mol. The van der Waals surface area contributed by atoms with E-state index in [9.17, 15) is 4.79 Å². The van der Waals surface area contributed by atoms with Crippen LogP contribution in [0, 0.1) is 0 Å². The third-order valence-corrected chi connectivity index (χ3v) is 5.57. The summed E-state index contributed by atoms with van der Waals surface area (Å²) in [4.78, 5) is 21.9. The number of hydrogen-bond acceptors (Lipinski definition) is 5. The van der Waals surface area contributed by atoms with Crippen LogP contribution in [0.5, 0.6) is 5.75 Å². The second kappa shape index (κ2) is 7.66. The van der Waals surface area contributed by atoms with Gasteiger partial charge in [-0.2, -0.15) is 0 Å². The summed E-state index contributed by atoms with van der Waals surface area (Å²) in [6, 6.07) is 16.1. The summed E-state index contributed by atoms with van der Waals surface area (Å²) in [6.45, 7) is 0.323. The van der Waals surface area contributed by atoms with E-state index in [4.69, 9.17) is 14.7 Å². The zero-order valence-corrected chi connectivity index (χ0v) is 16.2. The predicted molar refractivity (Wildman–Crippen MR) is 114 cm³/mol. The molecule has 29 heavy (non-hydrogen) atoms. The maximum atomic E-state index is 12.5. The molecule has 1 atom stereocenters. The molecular formula is C24H23N3O2. The number of aryl methyl sites for hydroxylation is 1. The van der Waals surface area contributed by atoms with Gasteiger partial charge in [-0.15, -0.1) is 0 Å². The first-order chi connectivity index (χ1) is 14.2. The number of carbonyl (C=O) groups is 1. The van der Waals surface area contributed by atoms with Crippen molar-refractivity contribution in [3.05, 3.63) is 77.0 Å². The Kier molecular flexibility index (Phi) is 4.72. The van der Waals surface area contributed by atoms with Gasteiger partial charge in [-0.1, -0.05) is 42.5 Å². The molecule has 0 fully saturated rings. The molecule has 5 rings (SSSR count). The lowest BCUT2D eigenvalue weighted by molar-refractivity contribution is -0.115. The van der Waals surface area contributed by atoms with Gasteiger partial charge in [0.2, 0.25) is 0 Å². The standard InChI is InChI=1S/C24H23N3O2/c28-20-12-18-14-23(27-24(26-18)17-6-2-1-3-7-17)25-19(13-20)15-29-22-11-5-9-16-8-4-10-21(16)22/h1-3,5-7,9,11,13,18H,4,8,10,12,14-15H2,(H,25,26,27)/b19-13-. The third kappa shape index (κ3) is 3.86. The minimum atomic E-state index is -0.0752. The summed E-state index contributed by atoms with van der Waals surface area (Å²) in [7, 11) is 0. The van der Waals surface area contributed by atoms with Crippen LogP contribution in [0.1, 0.15) is 36.0 Å². The number of amidine groups is 2. The lowest BCUT2D eigenvalue weighted by Gasteiger charge is -2.24. The first kappa shape index (κ1) is 17.9. The van der Waals surface area contributed by atoms with Gasteiger partial charge in [0, 0.05) is 24.5 Å². The van der Waals surface area contributed by atoms with Crippen LogP contribution in [0.2, 0.25) is 0 Å². The normalized spacial score (nSPS) is 22.3. The number of rotatable bonds is 4. The van der Waals surface area contributed by atoms with Crippen LogP contribution in [-0.2, 0) is 17.6 Å². The first-order valence-corrected chi connectivity index (χ1v) is 10.2. The van der Waals surface area contributed by atoms with Gasteiger partial charge in [0.15, 0.2) is 11.6 Å². The molecule has 0 spiro atoms. The quantitative estimate of drug-likeness (QED) is 0.874. The summed E-state index contributed by atoms with van der Waals surface area (Å²) in [6.07, 6.45) is 6.03. The highest BCUT2D eigenvalue weighted by atomic mass is 16.5. The molecule has 2 bridgehead atoms. The maximum Gasteiger partial charge on any atom is 0.159 e. The molecule has 0 aromatic heterocycles. The first-order valence-electron chi connectivity index (χ1n) is 10.2. The number of allylic oxidation sites excluding steroid dienone is 1. The zero-order valence-electron chi connectivity index (χ0n) is 16.2. The van der Waals surface area contributed by atoms with Gasteiger partial charge in [0.1, 0.15) is 18.2 Å². The molecule has 146 valence electrons. The van der Waals surface area contributed by atoms with Crippen molar-refractivity contribution in [3.8, 4) is 5.75 Å². The van der Waals surface area contributed by atoms with Crippen molar-refractivity contribution in [3.63, 3.8) is 0 Å². The predicted octanol–water partition coefficient (Wildman–Crippen LogP) is 3.62. The van der Waals surface area contributed by atoms with Crippen molar-refractivity contribution < 1.29 is 9.53 Å². The van der Waals surface area contributed by atoms with Crippen molar-refractivity contribution in [1.82, 2.24) is 5.32 Å². The Balaban J connectivity index is 1.36. The van der Waals surface area contributed by atoms with Gasteiger partial charge < -0.3 is 10.1 Å². The maximum absolute atomic E-state index is 12.5. The fraction of sp³-hybridized carbons (Fsp3) is 0.292. The molecule has 2 aromatic carbocycles. The fourth-order valence-electron chi connectivity index (χ4n) is 4.23. The molecule has 5 heteroatoms. The molecule has 2 heterocycles. The lowest BCUT2D eigenvalue weighted by Crippen LogP contribution is -2.36. The number of aliphatic imine (C=N–C) groups is 2. The number of nitrogens with one attached hydrogen (secondary N) is 1. The van der Waals surface area contributed by atoms with Crippen LogP contribution in [-0.4, -0.2) is 30.1 Å². The number of carbonyl (C=O) groups excluding carboxylic acids is 1. The molecule has 1 aliphatic carbocycles. The van der Waals surface area contributed by atoms with Crippen molar-refractivity contribution in [2.24, 2.45) is 9.98 Å². The second-order valence-electron chi connectivity index (χ2n) is 7.74. The van der Waals surface area contributed by atoms with E-state index in [0.29, 0.717) is 25.3 Å². The zero-order chi connectivity index (χ0) is 19.6. The SMILES string of the molecule is O=C1/C=C(/COc2cccc3c2CCC3)NC2=NC(c3ccccc3)=NC(C1)C2. The Labute approximate surface area is 170 Å². The van der Waals surface area contributed by atoms with E-state index in [1.54, 1.807) is 6.08 Å². The van der Waals surface area contributed by atoms with Crippen molar-refractivity contribution in [1.29, 1.82) is 0 Å². The van der Waals surface area contributed by atoms with Crippen LogP contribution >= 0.6 is 0 Å². The van der Waals surface area contributed by atoms with Gasteiger partial charge in [0.25, 0.3) is 0 Å². The number of ether oxygens (including phenoxy) is 1. The van der Waals surface area contributed by atoms with E-state index < -0.39 is 0 Å². The third-order valence-electron chi connectivity index (χ3n) is 5.57. The van der Waals surface area contributed by atoms with E-state index in [-0.39, 0.29) is 11.8 Å².